The predicted molar refractivity (Wildman–Crippen MR) is 64.1 cm³/mol. The normalized spacial score (nSPS) is 18.9. The molecule has 0 rings (SSSR count). The minimum Gasteiger partial charge on any atom is -0.394 e. The van der Waals surface area contributed by atoms with Gasteiger partial charge in [0.15, 0.2) is 0 Å². The summed E-state index contributed by atoms with van der Waals surface area (Å²) in [5.41, 5.74) is 0. The molecule has 0 aromatic carbocycles. The summed E-state index contributed by atoms with van der Waals surface area (Å²) in [6, 6.07) is 0. The first-order valence-electron chi connectivity index (χ1n) is 5.14. The van der Waals surface area contributed by atoms with E-state index in [0.717, 1.165) is 0 Å². The van der Waals surface area contributed by atoms with Crippen LogP contribution in [-0.4, -0.2) is 72.4 Å². The molecule has 0 fully saturated rings. The number of hydrogen-bond donors (Lipinski definition) is 5. The first kappa shape index (κ1) is 17.6. The molecule has 8 heteroatoms. The molecule has 0 aromatic rings. The van der Waals surface area contributed by atoms with Gasteiger partial charge in [-0.3, -0.25) is 9.59 Å². The Bertz CT molecular complexity index is 312. The number of carbonyl (C=O) groups excluding carboxylic acids is 2. The predicted octanol–water partition coefficient (Wildman–Crippen LogP) is -2.27. The van der Waals surface area contributed by atoms with E-state index in [1.165, 1.54) is 13.8 Å². The number of aliphatic hydroxyl groups excluding tert-OH is 5. The van der Waals surface area contributed by atoms with Crippen molar-refractivity contribution in [1.29, 1.82) is 0 Å². The lowest BCUT2D eigenvalue weighted by atomic mass is 9.94. The van der Waals surface area contributed by atoms with Gasteiger partial charge in [-0.25, -0.2) is 0 Å². The van der Waals surface area contributed by atoms with Crippen LogP contribution in [0.15, 0.2) is 0 Å². The Morgan fingerprint density at radius 2 is 1.56 bits per heavy atom. The van der Waals surface area contributed by atoms with Gasteiger partial charge >= 0.3 is 0 Å². The van der Waals surface area contributed by atoms with Crippen molar-refractivity contribution in [3.63, 3.8) is 0 Å². The Hall–Kier alpha value is -0.380. The molecule has 0 radical (unpaired) electrons. The summed E-state index contributed by atoms with van der Waals surface area (Å²) in [5.74, 6) is -2.28. The van der Waals surface area contributed by atoms with Crippen LogP contribution in [0.3, 0.4) is 0 Å². The third-order valence-electron chi connectivity index (χ3n) is 2.29. The lowest BCUT2D eigenvalue weighted by Gasteiger charge is -2.25. The topological polar surface area (TPSA) is 135 Å². The van der Waals surface area contributed by atoms with Gasteiger partial charge in [-0.15, -0.1) is 0 Å². The van der Waals surface area contributed by atoms with E-state index in [2.05, 4.69) is 15.9 Å². The van der Waals surface area contributed by atoms with Crippen molar-refractivity contribution in [3.05, 3.63) is 0 Å². The summed E-state index contributed by atoms with van der Waals surface area (Å²) >= 11 is 2.93. The van der Waals surface area contributed by atoms with Crippen LogP contribution in [0.25, 0.3) is 0 Å². The fraction of sp³-hybridized carbons (Fsp3) is 0.800. The number of Topliss-reactive ketones (excluding diaryl/α,β-unsaturated/α-hetero) is 2. The highest BCUT2D eigenvalue weighted by Crippen LogP contribution is 2.19. The fourth-order valence-corrected chi connectivity index (χ4v) is 1.30. The van der Waals surface area contributed by atoms with E-state index in [9.17, 15) is 24.9 Å². The first-order valence-corrected chi connectivity index (χ1v) is 5.94. The smallest absolute Gasteiger partial charge is 0.230 e. The molecular formula is C10H17BrO7. The standard InChI is InChI=1S/C10H17BrO7/c1-10(2,11)9(18)8(17)7(16)6(15)5(14)4(13)3-12/h4-7,12-16H,3H2,1-2H3/t4-,5-,6+,7-/m1/s1. The van der Waals surface area contributed by atoms with Crippen molar-refractivity contribution in [1.82, 2.24) is 0 Å². The molecule has 0 aliphatic carbocycles. The first-order chi connectivity index (χ1) is 8.03. The molecule has 5 N–H and O–H groups in total. The lowest BCUT2D eigenvalue weighted by molar-refractivity contribution is -0.154. The highest BCUT2D eigenvalue weighted by molar-refractivity contribution is 9.10. The zero-order valence-electron chi connectivity index (χ0n) is 9.95. The highest BCUT2D eigenvalue weighted by atomic mass is 79.9. The van der Waals surface area contributed by atoms with E-state index in [0.29, 0.717) is 0 Å². The molecule has 4 atom stereocenters. The Morgan fingerprint density at radius 1 is 1.11 bits per heavy atom. The van der Waals surface area contributed by atoms with E-state index >= 15 is 0 Å². The SMILES string of the molecule is CC(C)(Br)C(=O)C(=O)[C@H](O)[C@@H](O)[C@H](O)[C@H](O)CO. The zero-order valence-corrected chi connectivity index (χ0v) is 11.5. The maximum Gasteiger partial charge on any atom is 0.230 e. The molecule has 0 aliphatic heterocycles. The zero-order chi connectivity index (χ0) is 14.7. The maximum absolute atomic E-state index is 11.5. The molecule has 0 aromatic heterocycles. The van der Waals surface area contributed by atoms with E-state index in [1.807, 2.05) is 0 Å². The number of aliphatic hydroxyl groups is 5. The van der Waals surface area contributed by atoms with Gasteiger partial charge in [-0.1, -0.05) is 15.9 Å². The van der Waals surface area contributed by atoms with Crippen LogP contribution < -0.4 is 0 Å². The van der Waals surface area contributed by atoms with Crippen LogP contribution in [0.4, 0.5) is 0 Å². The monoisotopic (exact) mass is 328 g/mol. The molecule has 0 aliphatic rings. The molecule has 106 valence electrons. The van der Waals surface area contributed by atoms with Gasteiger partial charge in [0.1, 0.15) is 24.4 Å². The summed E-state index contributed by atoms with van der Waals surface area (Å²) < 4.78 is -1.22. The third kappa shape index (κ3) is 4.38. The Labute approximate surface area is 112 Å². The largest absolute Gasteiger partial charge is 0.394 e. The van der Waals surface area contributed by atoms with Crippen molar-refractivity contribution < 1.29 is 35.1 Å². The van der Waals surface area contributed by atoms with Gasteiger partial charge in [0.25, 0.3) is 0 Å². The van der Waals surface area contributed by atoms with E-state index < -0.39 is 46.9 Å². The van der Waals surface area contributed by atoms with Crippen LogP contribution in [-0.2, 0) is 9.59 Å². The average Bonchev–Trinajstić information content (AvgIpc) is 2.31. The minimum absolute atomic E-state index is 0.864. The van der Waals surface area contributed by atoms with Crippen molar-refractivity contribution in [3.8, 4) is 0 Å². The molecule has 18 heavy (non-hydrogen) atoms. The van der Waals surface area contributed by atoms with Gasteiger partial charge in [0, 0.05) is 0 Å². The number of ketones is 2. The van der Waals surface area contributed by atoms with Crippen LogP contribution in [0.1, 0.15) is 13.8 Å². The van der Waals surface area contributed by atoms with Gasteiger partial charge in [-0.05, 0) is 13.8 Å². The number of hydrogen-bond acceptors (Lipinski definition) is 7. The van der Waals surface area contributed by atoms with Gasteiger partial charge in [0.2, 0.25) is 11.6 Å². The molecule has 0 saturated heterocycles. The van der Waals surface area contributed by atoms with Gasteiger partial charge in [-0.2, -0.15) is 0 Å². The van der Waals surface area contributed by atoms with Crippen LogP contribution >= 0.6 is 15.9 Å². The molecule has 0 unspecified atom stereocenters. The summed E-state index contributed by atoms with van der Waals surface area (Å²) in [6.45, 7) is 1.90. The summed E-state index contributed by atoms with van der Waals surface area (Å²) in [4.78, 5) is 23.0. The quantitative estimate of drug-likeness (QED) is 0.263. The average molecular weight is 329 g/mol. The lowest BCUT2D eigenvalue weighted by Crippen LogP contribution is -2.52. The second-order valence-corrected chi connectivity index (χ2v) is 6.32. The van der Waals surface area contributed by atoms with Crippen molar-refractivity contribution in [2.75, 3.05) is 6.61 Å². The third-order valence-corrected chi connectivity index (χ3v) is 2.65. The molecule has 0 spiro atoms. The second kappa shape index (κ2) is 6.69. The Balaban J connectivity index is 4.80. The van der Waals surface area contributed by atoms with Crippen LogP contribution in [0.2, 0.25) is 0 Å². The maximum atomic E-state index is 11.5. The molecule has 0 heterocycles. The van der Waals surface area contributed by atoms with E-state index in [-0.39, 0.29) is 0 Å². The van der Waals surface area contributed by atoms with Crippen LogP contribution in [0.5, 0.6) is 0 Å². The number of halogens is 1. The Kier molecular flexibility index (Phi) is 6.55. The molecular weight excluding hydrogens is 312 g/mol. The van der Waals surface area contributed by atoms with Crippen LogP contribution in [0, 0.1) is 0 Å². The summed E-state index contributed by atoms with van der Waals surface area (Å²) in [5, 5.41) is 45.7. The number of rotatable bonds is 7. The molecule has 0 bridgehead atoms. The van der Waals surface area contributed by atoms with Crippen molar-refractivity contribution in [2.45, 2.75) is 42.6 Å². The Morgan fingerprint density at radius 3 is 1.89 bits per heavy atom. The van der Waals surface area contributed by atoms with Gasteiger partial charge < -0.3 is 25.5 Å². The fourth-order valence-electron chi connectivity index (χ4n) is 1.10. The summed E-state index contributed by atoms with van der Waals surface area (Å²) in [7, 11) is 0. The number of alkyl halides is 1. The summed E-state index contributed by atoms with van der Waals surface area (Å²) in [6.07, 6.45) is -7.92. The molecule has 7 nitrogen and oxygen atoms in total. The highest BCUT2D eigenvalue weighted by Gasteiger charge is 2.40. The minimum atomic E-state index is -2.18. The second-order valence-electron chi connectivity index (χ2n) is 4.34. The molecule has 0 amide bonds. The van der Waals surface area contributed by atoms with Crippen molar-refractivity contribution >= 4 is 27.5 Å². The van der Waals surface area contributed by atoms with E-state index in [4.69, 9.17) is 10.2 Å². The van der Waals surface area contributed by atoms with Crippen molar-refractivity contribution in [2.24, 2.45) is 0 Å². The van der Waals surface area contributed by atoms with Gasteiger partial charge in [0.05, 0.1) is 10.9 Å². The molecule has 0 saturated carbocycles. The number of carbonyl (C=O) groups is 2. The van der Waals surface area contributed by atoms with E-state index in [1.54, 1.807) is 0 Å².